The summed E-state index contributed by atoms with van der Waals surface area (Å²) in [4.78, 5) is 0. The molecule has 2 atom stereocenters. The van der Waals surface area contributed by atoms with Crippen LogP contribution in [0.1, 0.15) is 116 Å². The van der Waals surface area contributed by atoms with Crippen molar-refractivity contribution in [1.29, 1.82) is 0 Å². The molecule has 1 heterocycles. The lowest BCUT2D eigenvalue weighted by Gasteiger charge is -2.34. The maximum absolute atomic E-state index is 13.0. The van der Waals surface area contributed by atoms with E-state index in [9.17, 15) is 8.42 Å². The normalized spacial score (nSPS) is 19.9. The molecule has 0 aromatic carbocycles. The number of sulfone groups is 1. The molecule has 1 saturated heterocycles. The smallest absolute Gasteiger partial charge is 0.169 e. The van der Waals surface area contributed by atoms with Crippen molar-refractivity contribution in [3.05, 3.63) is 0 Å². The monoisotopic (exact) mass is 535 g/mol. The average Bonchev–Trinajstić information content (AvgIpc) is 3.27. The van der Waals surface area contributed by atoms with Gasteiger partial charge in [0.1, 0.15) is 11.0 Å². The Morgan fingerprint density at radius 3 is 1.83 bits per heavy atom. The summed E-state index contributed by atoms with van der Waals surface area (Å²) < 4.78 is 32.7. The number of nitrogens with two attached hydrogens (primary N) is 1. The molecular formula is C28H59N2O3S2+. The Morgan fingerprint density at radius 1 is 0.857 bits per heavy atom. The SMILES string of the molecule is CCCCCCCCCCCCCCCCSCC1(C(N)S(=O)(=O)CCC[N+](C)(C)C)CCCO1. The predicted molar refractivity (Wildman–Crippen MR) is 155 cm³/mol. The van der Waals surface area contributed by atoms with Gasteiger partial charge in [-0.05, 0) is 25.0 Å². The number of quaternary nitrogens is 1. The highest BCUT2D eigenvalue weighted by atomic mass is 32.2. The fourth-order valence-electron chi connectivity index (χ4n) is 4.98. The maximum atomic E-state index is 13.0. The van der Waals surface area contributed by atoms with E-state index in [1.807, 2.05) is 11.8 Å². The first-order chi connectivity index (χ1) is 16.6. The standard InChI is InChI=1S/C28H59N2O3S2/c1-5-6-7-8-9-10-11-12-13-14-15-16-17-18-24-34-26-28(21-19-23-33-28)27(29)35(31,32)25-20-22-30(2,3)4/h27H,5-26,29H2,1-4H3/q+1. The molecule has 5 nitrogen and oxygen atoms in total. The number of hydrogen-bond acceptors (Lipinski definition) is 5. The summed E-state index contributed by atoms with van der Waals surface area (Å²) in [6, 6.07) is 0. The first-order valence-corrected chi connectivity index (χ1v) is 17.5. The number of hydrogen-bond donors (Lipinski definition) is 1. The van der Waals surface area contributed by atoms with Crippen LogP contribution in [-0.2, 0) is 14.6 Å². The van der Waals surface area contributed by atoms with Gasteiger partial charge >= 0.3 is 0 Å². The van der Waals surface area contributed by atoms with Crippen molar-refractivity contribution in [2.45, 2.75) is 127 Å². The van der Waals surface area contributed by atoms with Crippen LogP contribution < -0.4 is 5.73 Å². The van der Waals surface area contributed by atoms with Crippen molar-refractivity contribution in [1.82, 2.24) is 0 Å². The summed E-state index contributed by atoms with van der Waals surface area (Å²) in [6.07, 6.45) is 21.5. The zero-order chi connectivity index (χ0) is 26.0. The second-order valence-electron chi connectivity index (χ2n) is 11.8. The van der Waals surface area contributed by atoms with Crippen LogP contribution in [0.25, 0.3) is 0 Å². The molecule has 1 fully saturated rings. The molecule has 35 heavy (non-hydrogen) atoms. The Hall–Kier alpha value is 0.180. The van der Waals surface area contributed by atoms with Crippen LogP contribution >= 0.6 is 11.8 Å². The first-order valence-electron chi connectivity index (χ1n) is 14.6. The van der Waals surface area contributed by atoms with Gasteiger partial charge in [-0.1, -0.05) is 90.4 Å². The second kappa shape index (κ2) is 18.4. The summed E-state index contributed by atoms with van der Waals surface area (Å²) in [5.74, 6) is 1.91. The van der Waals surface area contributed by atoms with Crippen LogP contribution in [-0.4, -0.2) is 75.4 Å². The summed E-state index contributed by atoms with van der Waals surface area (Å²) in [6.45, 7) is 3.73. The Labute approximate surface area is 223 Å². The highest BCUT2D eigenvalue weighted by molar-refractivity contribution is 7.99. The predicted octanol–water partition coefficient (Wildman–Crippen LogP) is 6.55. The van der Waals surface area contributed by atoms with Crippen molar-refractivity contribution in [3.8, 4) is 0 Å². The Morgan fingerprint density at radius 2 is 1.37 bits per heavy atom. The number of ether oxygens (including phenoxy) is 1. The van der Waals surface area contributed by atoms with Gasteiger partial charge in [-0.15, -0.1) is 0 Å². The molecule has 0 aromatic rings. The zero-order valence-corrected chi connectivity index (χ0v) is 25.3. The molecular weight excluding hydrogens is 476 g/mol. The molecule has 1 aliphatic heterocycles. The topological polar surface area (TPSA) is 69.4 Å². The molecule has 0 spiro atoms. The van der Waals surface area contributed by atoms with Gasteiger partial charge in [0.25, 0.3) is 0 Å². The van der Waals surface area contributed by atoms with E-state index in [0.29, 0.717) is 18.8 Å². The van der Waals surface area contributed by atoms with Gasteiger partial charge in [-0.2, -0.15) is 11.8 Å². The van der Waals surface area contributed by atoms with Gasteiger partial charge in [-0.25, -0.2) is 8.42 Å². The average molecular weight is 536 g/mol. The van der Waals surface area contributed by atoms with E-state index < -0.39 is 20.8 Å². The molecule has 2 unspecified atom stereocenters. The molecule has 7 heteroatoms. The Balaban J connectivity index is 2.13. The van der Waals surface area contributed by atoms with E-state index in [2.05, 4.69) is 28.1 Å². The highest BCUT2D eigenvalue weighted by Crippen LogP contribution is 2.34. The Kier molecular flexibility index (Phi) is 17.5. The van der Waals surface area contributed by atoms with E-state index in [4.69, 9.17) is 10.5 Å². The minimum atomic E-state index is -3.37. The fraction of sp³-hybridized carbons (Fsp3) is 1.00. The van der Waals surface area contributed by atoms with Crippen molar-refractivity contribution < 1.29 is 17.6 Å². The number of unbranched alkanes of at least 4 members (excludes halogenated alkanes) is 13. The van der Waals surface area contributed by atoms with Crippen molar-refractivity contribution >= 4 is 21.6 Å². The van der Waals surface area contributed by atoms with Crippen LogP contribution in [0.2, 0.25) is 0 Å². The van der Waals surface area contributed by atoms with E-state index >= 15 is 0 Å². The third kappa shape index (κ3) is 15.2. The van der Waals surface area contributed by atoms with Gasteiger partial charge in [0, 0.05) is 18.8 Å². The van der Waals surface area contributed by atoms with Crippen LogP contribution in [0.15, 0.2) is 0 Å². The van der Waals surface area contributed by atoms with Gasteiger partial charge in [-0.3, -0.25) is 0 Å². The lowest BCUT2D eigenvalue weighted by atomic mass is 10.0. The van der Waals surface area contributed by atoms with Crippen LogP contribution in [0.4, 0.5) is 0 Å². The molecule has 1 rings (SSSR count). The third-order valence-electron chi connectivity index (χ3n) is 7.29. The van der Waals surface area contributed by atoms with Gasteiger partial charge in [0.05, 0.1) is 33.4 Å². The molecule has 0 amide bonds. The van der Waals surface area contributed by atoms with E-state index in [1.165, 1.54) is 89.9 Å². The largest absolute Gasteiger partial charge is 0.371 e. The summed E-state index contributed by atoms with van der Waals surface area (Å²) in [5.41, 5.74) is 5.68. The van der Waals surface area contributed by atoms with Crippen LogP contribution in [0.5, 0.6) is 0 Å². The molecule has 1 aliphatic rings. The van der Waals surface area contributed by atoms with E-state index in [0.717, 1.165) is 29.6 Å². The number of nitrogens with zero attached hydrogens (tertiary/aromatic N) is 1. The lowest BCUT2D eigenvalue weighted by molar-refractivity contribution is -0.870. The highest BCUT2D eigenvalue weighted by Gasteiger charge is 2.47. The minimum absolute atomic E-state index is 0.151. The minimum Gasteiger partial charge on any atom is -0.371 e. The lowest BCUT2D eigenvalue weighted by Crippen LogP contribution is -2.55. The van der Waals surface area contributed by atoms with Crippen molar-refractivity contribution in [3.63, 3.8) is 0 Å². The maximum Gasteiger partial charge on any atom is 0.169 e. The summed E-state index contributed by atoms with van der Waals surface area (Å²) in [7, 11) is 2.89. The van der Waals surface area contributed by atoms with Crippen LogP contribution in [0.3, 0.4) is 0 Å². The zero-order valence-electron chi connectivity index (χ0n) is 23.7. The first kappa shape index (κ1) is 33.2. The van der Waals surface area contributed by atoms with Crippen molar-refractivity contribution in [2.75, 3.05) is 51.6 Å². The second-order valence-corrected chi connectivity index (χ2v) is 15.2. The van der Waals surface area contributed by atoms with Crippen LogP contribution in [0, 0.1) is 0 Å². The van der Waals surface area contributed by atoms with E-state index in [1.54, 1.807) is 0 Å². The third-order valence-corrected chi connectivity index (χ3v) is 10.6. The molecule has 2 N–H and O–H groups in total. The van der Waals surface area contributed by atoms with Gasteiger partial charge in [0.15, 0.2) is 9.84 Å². The molecule has 0 aliphatic carbocycles. The Bertz CT molecular complexity index is 614. The quantitative estimate of drug-likeness (QED) is 0.119. The van der Waals surface area contributed by atoms with Gasteiger partial charge < -0.3 is 15.0 Å². The molecule has 0 bridgehead atoms. The molecule has 0 saturated carbocycles. The van der Waals surface area contributed by atoms with Crippen molar-refractivity contribution in [2.24, 2.45) is 5.73 Å². The number of rotatable bonds is 23. The summed E-state index contributed by atoms with van der Waals surface area (Å²) in [5, 5.41) is -0.909. The molecule has 0 aromatic heterocycles. The summed E-state index contributed by atoms with van der Waals surface area (Å²) >= 11 is 1.83. The number of thioether (sulfide) groups is 1. The fourth-order valence-corrected chi connectivity index (χ4v) is 8.10. The van der Waals surface area contributed by atoms with Gasteiger partial charge in [0.2, 0.25) is 0 Å². The molecule has 210 valence electrons. The molecule has 0 radical (unpaired) electrons. The van der Waals surface area contributed by atoms with E-state index in [-0.39, 0.29) is 5.75 Å².